The van der Waals surface area contributed by atoms with Crippen molar-refractivity contribution in [3.05, 3.63) is 48.7 Å². The summed E-state index contributed by atoms with van der Waals surface area (Å²) in [4.78, 5) is 0.310. The van der Waals surface area contributed by atoms with Gasteiger partial charge in [-0.1, -0.05) is 18.2 Å². The van der Waals surface area contributed by atoms with Crippen LogP contribution < -0.4 is 4.74 Å². The lowest BCUT2D eigenvalue weighted by molar-refractivity contribution is 0.204. The highest BCUT2D eigenvalue weighted by Crippen LogP contribution is 2.23. The Bertz CT molecular complexity index is 692. The molecule has 3 rings (SSSR count). The summed E-state index contributed by atoms with van der Waals surface area (Å²) < 4.78 is 32.1. The molecule has 0 aliphatic carbocycles. The number of hydrogen-bond donors (Lipinski definition) is 0. The first kappa shape index (κ1) is 14.0. The van der Waals surface area contributed by atoms with E-state index in [9.17, 15) is 8.42 Å². The molecule has 0 radical (unpaired) electrons. The second-order valence-electron chi connectivity index (χ2n) is 4.77. The average molecular weight is 305 g/mol. The lowest BCUT2D eigenvalue weighted by Crippen LogP contribution is -2.31. The molecule has 2 heterocycles. The molecule has 110 valence electrons. The van der Waals surface area contributed by atoms with Gasteiger partial charge in [0.15, 0.2) is 0 Å². The number of aromatic nitrogens is 2. The normalized spacial score (nSPS) is 19.5. The van der Waals surface area contributed by atoms with Crippen LogP contribution in [0.5, 0.6) is 5.88 Å². The van der Waals surface area contributed by atoms with Crippen molar-refractivity contribution in [1.29, 1.82) is 0 Å². The van der Waals surface area contributed by atoms with E-state index in [2.05, 4.69) is 10.2 Å². The van der Waals surface area contributed by atoms with E-state index in [4.69, 9.17) is 4.74 Å². The summed E-state index contributed by atoms with van der Waals surface area (Å²) in [5.41, 5.74) is 0. The smallest absolute Gasteiger partial charge is 0.243 e. The van der Waals surface area contributed by atoms with E-state index < -0.39 is 10.0 Å². The fraction of sp³-hybridized carbons (Fsp3) is 0.286. The Kier molecular flexibility index (Phi) is 3.85. The molecule has 1 fully saturated rings. The van der Waals surface area contributed by atoms with Gasteiger partial charge in [-0.3, -0.25) is 0 Å². The fourth-order valence-corrected chi connectivity index (χ4v) is 3.78. The zero-order valence-corrected chi connectivity index (χ0v) is 12.1. The Morgan fingerprint density at radius 3 is 2.67 bits per heavy atom. The molecule has 6 nitrogen and oxygen atoms in total. The van der Waals surface area contributed by atoms with Gasteiger partial charge in [0.1, 0.15) is 6.10 Å². The van der Waals surface area contributed by atoms with Crippen LogP contribution in [0.15, 0.2) is 53.6 Å². The van der Waals surface area contributed by atoms with Crippen LogP contribution in [0.3, 0.4) is 0 Å². The summed E-state index contributed by atoms with van der Waals surface area (Å²) in [6, 6.07) is 11.9. The molecule has 21 heavy (non-hydrogen) atoms. The van der Waals surface area contributed by atoms with Gasteiger partial charge < -0.3 is 4.74 Å². The molecule has 1 aliphatic rings. The van der Waals surface area contributed by atoms with Crippen LogP contribution in [-0.2, 0) is 10.0 Å². The van der Waals surface area contributed by atoms with E-state index in [1.165, 1.54) is 4.31 Å². The van der Waals surface area contributed by atoms with Crippen molar-refractivity contribution >= 4 is 10.0 Å². The highest BCUT2D eigenvalue weighted by atomic mass is 32.2. The first-order chi connectivity index (χ1) is 10.2. The summed E-state index contributed by atoms with van der Waals surface area (Å²) in [7, 11) is -3.45. The standard InChI is InChI=1S/C14H15N3O3S/c18-21(19,13-5-2-1-3-6-13)17-10-8-12(11-17)20-14-7-4-9-15-16-14/h1-7,9,12H,8,10-11H2. The van der Waals surface area contributed by atoms with Gasteiger partial charge in [-0.2, -0.15) is 9.40 Å². The zero-order valence-electron chi connectivity index (χ0n) is 11.3. The van der Waals surface area contributed by atoms with Gasteiger partial charge in [0, 0.05) is 18.8 Å². The van der Waals surface area contributed by atoms with E-state index in [0.717, 1.165) is 0 Å². The molecule has 1 aromatic heterocycles. The summed E-state index contributed by atoms with van der Waals surface area (Å²) in [6.07, 6.45) is 2.01. The summed E-state index contributed by atoms with van der Waals surface area (Å²) >= 11 is 0. The largest absolute Gasteiger partial charge is 0.472 e. The third kappa shape index (κ3) is 3.03. The van der Waals surface area contributed by atoms with Gasteiger partial charge in [-0.05, 0) is 24.6 Å². The van der Waals surface area contributed by atoms with E-state index in [1.807, 2.05) is 0 Å². The van der Waals surface area contributed by atoms with Crippen LogP contribution >= 0.6 is 0 Å². The molecular formula is C14H15N3O3S. The van der Waals surface area contributed by atoms with Crippen LogP contribution in [-0.4, -0.2) is 42.1 Å². The van der Waals surface area contributed by atoms with E-state index in [1.54, 1.807) is 48.7 Å². The second-order valence-corrected chi connectivity index (χ2v) is 6.70. The molecule has 0 amide bonds. The molecule has 2 aromatic rings. The number of ether oxygens (including phenoxy) is 1. The lowest BCUT2D eigenvalue weighted by atomic mass is 10.3. The third-order valence-electron chi connectivity index (χ3n) is 3.32. The predicted octanol–water partition coefficient (Wildman–Crippen LogP) is 1.32. The number of nitrogens with zero attached hydrogens (tertiary/aromatic N) is 3. The molecule has 7 heteroatoms. The Morgan fingerprint density at radius 1 is 1.14 bits per heavy atom. The molecular weight excluding hydrogens is 290 g/mol. The fourth-order valence-electron chi connectivity index (χ4n) is 2.27. The minimum absolute atomic E-state index is 0.194. The second kappa shape index (κ2) is 5.79. The average Bonchev–Trinajstić information content (AvgIpc) is 2.98. The molecule has 0 saturated carbocycles. The highest BCUT2D eigenvalue weighted by molar-refractivity contribution is 7.89. The molecule has 1 unspecified atom stereocenters. The van der Waals surface area contributed by atoms with E-state index in [0.29, 0.717) is 30.3 Å². The van der Waals surface area contributed by atoms with Crippen LogP contribution in [0.1, 0.15) is 6.42 Å². The maximum atomic E-state index is 12.5. The maximum absolute atomic E-state index is 12.5. The van der Waals surface area contributed by atoms with Crippen molar-refractivity contribution < 1.29 is 13.2 Å². The summed E-state index contributed by atoms with van der Waals surface area (Å²) in [5, 5.41) is 7.58. The van der Waals surface area contributed by atoms with Crippen LogP contribution in [0.25, 0.3) is 0 Å². The van der Waals surface area contributed by atoms with Crippen molar-refractivity contribution in [1.82, 2.24) is 14.5 Å². The molecule has 0 bridgehead atoms. The number of benzene rings is 1. The summed E-state index contributed by atoms with van der Waals surface area (Å²) in [6.45, 7) is 0.774. The van der Waals surface area contributed by atoms with Crippen molar-refractivity contribution in [2.45, 2.75) is 17.4 Å². The molecule has 1 aromatic carbocycles. The van der Waals surface area contributed by atoms with Gasteiger partial charge in [-0.25, -0.2) is 8.42 Å². The zero-order chi connectivity index (χ0) is 14.7. The van der Waals surface area contributed by atoms with Crippen molar-refractivity contribution in [3.8, 4) is 5.88 Å². The molecule has 1 aliphatic heterocycles. The van der Waals surface area contributed by atoms with E-state index >= 15 is 0 Å². The van der Waals surface area contributed by atoms with Crippen molar-refractivity contribution in [3.63, 3.8) is 0 Å². The molecule has 0 N–H and O–H groups in total. The van der Waals surface area contributed by atoms with Gasteiger partial charge in [0.25, 0.3) is 0 Å². The molecule has 1 saturated heterocycles. The lowest BCUT2D eigenvalue weighted by Gasteiger charge is -2.16. The number of hydrogen-bond acceptors (Lipinski definition) is 5. The minimum atomic E-state index is -3.45. The van der Waals surface area contributed by atoms with E-state index in [-0.39, 0.29) is 6.10 Å². The van der Waals surface area contributed by atoms with Crippen LogP contribution in [0, 0.1) is 0 Å². The molecule has 0 spiro atoms. The van der Waals surface area contributed by atoms with Gasteiger partial charge in [0.2, 0.25) is 15.9 Å². The number of rotatable bonds is 4. The Balaban J connectivity index is 1.70. The van der Waals surface area contributed by atoms with Crippen LogP contribution in [0.2, 0.25) is 0 Å². The first-order valence-corrected chi connectivity index (χ1v) is 8.10. The topological polar surface area (TPSA) is 72.4 Å². The number of sulfonamides is 1. The highest BCUT2D eigenvalue weighted by Gasteiger charge is 2.33. The SMILES string of the molecule is O=S(=O)(c1ccccc1)N1CCC(Oc2cccnn2)C1. The maximum Gasteiger partial charge on any atom is 0.243 e. The van der Waals surface area contributed by atoms with Crippen LogP contribution in [0.4, 0.5) is 0 Å². The first-order valence-electron chi connectivity index (χ1n) is 6.66. The minimum Gasteiger partial charge on any atom is -0.472 e. The third-order valence-corrected chi connectivity index (χ3v) is 5.20. The van der Waals surface area contributed by atoms with Crippen molar-refractivity contribution in [2.75, 3.05) is 13.1 Å². The molecule has 1 atom stereocenters. The Morgan fingerprint density at radius 2 is 1.95 bits per heavy atom. The van der Waals surface area contributed by atoms with Gasteiger partial charge in [-0.15, -0.1) is 5.10 Å². The monoisotopic (exact) mass is 305 g/mol. The summed E-state index contributed by atoms with van der Waals surface area (Å²) in [5.74, 6) is 0.418. The van der Waals surface area contributed by atoms with Crippen molar-refractivity contribution in [2.24, 2.45) is 0 Å². The predicted molar refractivity (Wildman–Crippen MR) is 76.3 cm³/mol. The Labute approximate surface area is 123 Å². The van der Waals surface area contributed by atoms with Gasteiger partial charge >= 0.3 is 0 Å². The van der Waals surface area contributed by atoms with Gasteiger partial charge in [0.05, 0.1) is 11.4 Å². The Hall–Kier alpha value is -1.99. The quantitative estimate of drug-likeness (QED) is 0.852.